The van der Waals surface area contributed by atoms with Crippen molar-refractivity contribution in [1.82, 2.24) is 15.5 Å². The molecule has 0 atom stereocenters. The average Bonchev–Trinajstić information content (AvgIpc) is 3.25. The number of nitrogens with zero attached hydrogens (tertiary/aromatic N) is 2. The van der Waals surface area contributed by atoms with Crippen molar-refractivity contribution in [2.75, 3.05) is 0 Å². The summed E-state index contributed by atoms with van der Waals surface area (Å²) in [7, 11) is 0. The molecule has 13 heteroatoms. The third kappa shape index (κ3) is 8.22. The zero-order valence-corrected chi connectivity index (χ0v) is 17.2. The van der Waals surface area contributed by atoms with Gasteiger partial charge in [-0.05, 0) is 30.7 Å². The summed E-state index contributed by atoms with van der Waals surface area (Å²) < 4.78 is 74.9. The lowest BCUT2D eigenvalue weighted by Gasteiger charge is -2.07. The van der Waals surface area contributed by atoms with Gasteiger partial charge in [-0.15, -0.1) is 0 Å². The lowest BCUT2D eigenvalue weighted by Crippen LogP contribution is -2.23. The fourth-order valence-corrected chi connectivity index (χ4v) is 2.52. The lowest BCUT2D eigenvalue weighted by molar-refractivity contribution is -0.192. The maximum atomic E-state index is 12.7. The van der Waals surface area contributed by atoms with Crippen LogP contribution in [0, 0.1) is 0 Å². The van der Waals surface area contributed by atoms with Crippen molar-refractivity contribution in [1.29, 1.82) is 0 Å². The van der Waals surface area contributed by atoms with E-state index in [1.54, 1.807) is 12.3 Å². The van der Waals surface area contributed by atoms with Crippen molar-refractivity contribution >= 4 is 11.9 Å². The van der Waals surface area contributed by atoms with E-state index in [1.165, 1.54) is 18.3 Å². The number of carbonyl (C=O) groups excluding carboxylic acids is 1. The number of rotatable bonds is 6. The minimum absolute atomic E-state index is 0.166. The number of benzene rings is 1. The van der Waals surface area contributed by atoms with E-state index in [0.717, 1.165) is 17.8 Å². The molecule has 0 unspecified atom stereocenters. The highest BCUT2D eigenvalue weighted by molar-refractivity contribution is 5.76. The van der Waals surface area contributed by atoms with E-state index >= 15 is 0 Å². The molecule has 0 fully saturated rings. The molecule has 2 aromatic heterocycles. The summed E-state index contributed by atoms with van der Waals surface area (Å²) in [6.07, 6.45) is -5.81. The number of carbonyl (C=O) groups is 2. The summed E-state index contributed by atoms with van der Waals surface area (Å²) >= 11 is 0. The Kier molecular flexibility index (Phi) is 8.76. The van der Waals surface area contributed by atoms with E-state index in [1.807, 2.05) is 12.1 Å². The summed E-state index contributed by atoms with van der Waals surface area (Å²) in [4.78, 5) is 25.0. The van der Waals surface area contributed by atoms with Crippen LogP contribution in [-0.4, -0.2) is 33.3 Å². The van der Waals surface area contributed by atoms with Gasteiger partial charge in [0.15, 0.2) is 5.76 Å². The van der Waals surface area contributed by atoms with Gasteiger partial charge < -0.3 is 14.9 Å². The van der Waals surface area contributed by atoms with Crippen LogP contribution in [0.3, 0.4) is 0 Å². The Bertz CT molecular complexity index is 1080. The number of pyridine rings is 1. The molecule has 0 spiro atoms. The number of alkyl halides is 6. The van der Waals surface area contributed by atoms with Crippen molar-refractivity contribution in [3.8, 4) is 11.3 Å². The van der Waals surface area contributed by atoms with E-state index in [4.69, 9.17) is 14.4 Å². The minimum atomic E-state index is -5.08. The highest BCUT2D eigenvalue weighted by atomic mass is 19.4. The van der Waals surface area contributed by atoms with Gasteiger partial charge in [0.2, 0.25) is 5.91 Å². The first-order valence-corrected chi connectivity index (χ1v) is 9.46. The molecule has 0 saturated heterocycles. The SMILES string of the molecule is O=C(CCc1cnoc1-c1ccc(C(F)(F)F)cc1)NCc1ccccn1.O=C(O)C(F)(F)F. The van der Waals surface area contributed by atoms with Gasteiger partial charge in [0.1, 0.15) is 0 Å². The Morgan fingerprint density at radius 1 is 1.00 bits per heavy atom. The molecule has 1 aromatic carbocycles. The molecule has 0 bridgehead atoms. The smallest absolute Gasteiger partial charge is 0.475 e. The van der Waals surface area contributed by atoms with E-state index < -0.39 is 23.9 Å². The number of hydrogen-bond donors (Lipinski definition) is 2. The fourth-order valence-electron chi connectivity index (χ4n) is 2.52. The van der Waals surface area contributed by atoms with Gasteiger partial charge in [0.05, 0.1) is 24.0 Å². The standard InChI is InChI=1S/C19H16F3N3O2.C2HF3O2/c20-19(21,22)15-7-4-13(5-8-15)18-14(11-25-27-18)6-9-17(26)24-12-16-3-1-2-10-23-16;3-2(4,5)1(6)7/h1-5,7-8,10-11H,6,9,12H2,(H,24,26);(H,6,7). The zero-order valence-electron chi connectivity index (χ0n) is 17.2. The van der Waals surface area contributed by atoms with Gasteiger partial charge in [-0.25, -0.2) is 4.79 Å². The lowest BCUT2D eigenvalue weighted by atomic mass is 10.0. The first kappa shape index (κ1) is 26.4. The van der Waals surface area contributed by atoms with Gasteiger partial charge in [-0.2, -0.15) is 26.3 Å². The Morgan fingerprint density at radius 2 is 1.65 bits per heavy atom. The van der Waals surface area contributed by atoms with E-state index in [0.29, 0.717) is 29.9 Å². The molecule has 1 amide bonds. The molecule has 34 heavy (non-hydrogen) atoms. The molecule has 3 aromatic rings. The predicted molar refractivity (Wildman–Crippen MR) is 105 cm³/mol. The third-order valence-corrected chi connectivity index (χ3v) is 4.18. The van der Waals surface area contributed by atoms with Crippen LogP contribution in [0.4, 0.5) is 26.3 Å². The second-order valence-electron chi connectivity index (χ2n) is 6.66. The molecule has 7 nitrogen and oxygen atoms in total. The molecule has 2 N–H and O–H groups in total. The van der Waals surface area contributed by atoms with Crippen molar-refractivity contribution in [2.45, 2.75) is 31.7 Å². The van der Waals surface area contributed by atoms with Gasteiger partial charge in [0, 0.05) is 23.7 Å². The number of nitrogens with one attached hydrogen (secondary N) is 1. The van der Waals surface area contributed by atoms with Crippen LogP contribution >= 0.6 is 0 Å². The molecular formula is C21H17F6N3O4. The number of hydrogen-bond acceptors (Lipinski definition) is 5. The summed E-state index contributed by atoms with van der Waals surface area (Å²) in [5.41, 5.74) is 1.15. The van der Waals surface area contributed by atoms with Gasteiger partial charge >= 0.3 is 18.3 Å². The highest BCUT2D eigenvalue weighted by Gasteiger charge is 2.38. The Hall–Kier alpha value is -3.90. The van der Waals surface area contributed by atoms with Gasteiger partial charge in [-0.1, -0.05) is 23.4 Å². The van der Waals surface area contributed by atoms with Crippen LogP contribution in [0.5, 0.6) is 0 Å². The molecule has 0 aliphatic rings. The second-order valence-corrected chi connectivity index (χ2v) is 6.66. The molecule has 0 aliphatic heterocycles. The number of aromatic nitrogens is 2. The van der Waals surface area contributed by atoms with Crippen LogP contribution < -0.4 is 5.32 Å². The van der Waals surface area contributed by atoms with Crippen molar-refractivity contribution < 1.29 is 45.6 Å². The van der Waals surface area contributed by atoms with Crippen LogP contribution in [0.2, 0.25) is 0 Å². The average molecular weight is 489 g/mol. The van der Waals surface area contributed by atoms with Crippen molar-refractivity contribution in [3.63, 3.8) is 0 Å². The monoisotopic (exact) mass is 489 g/mol. The molecule has 2 heterocycles. The van der Waals surface area contributed by atoms with Crippen molar-refractivity contribution in [3.05, 3.63) is 71.7 Å². The molecule has 3 rings (SSSR count). The number of carboxylic acid groups (broad SMARTS) is 1. The number of aliphatic carboxylic acids is 1. The number of carboxylic acids is 1. The Balaban J connectivity index is 0.000000509. The first-order valence-electron chi connectivity index (χ1n) is 9.46. The van der Waals surface area contributed by atoms with E-state index in [2.05, 4.69) is 15.5 Å². The van der Waals surface area contributed by atoms with Crippen LogP contribution in [0.25, 0.3) is 11.3 Å². The molecule has 0 saturated carbocycles. The molecular weight excluding hydrogens is 472 g/mol. The maximum Gasteiger partial charge on any atom is 0.490 e. The topological polar surface area (TPSA) is 105 Å². The van der Waals surface area contributed by atoms with Gasteiger partial charge in [0.25, 0.3) is 0 Å². The van der Waals surface area contributed by atoms with Crippen LogP contribution in [-0.2, 0) is 28.7 Å². The predicted octanol–water partition coefficient (Wildman–Crippen LogP) is 4.64. The Morgan fingerprint density at radius 3 is 2.18 bits per heavy atom. The number of halogens is 6. The number of amides is 1. The van der Waals surface area contributed by atoms with E-state index in [-0.39, 0.29) is 12.3 Å². The van der Waals surface area contributed by atoms with Crippen molar-refractivity contribution in [2.24, 2.45) is 0 Å². The summed E-state index contributed by atoms with van der Waals surface area (Å²) in [5, 5.41) is 13.6. The van der Waals surface area contributed by atoms with Crippen LogP contribution in [0.1, 0.15) is 23.2 Å². The largest absolute Gasteiger partial charge is 0.490 e. The normalized spacial score (nSPS) is 11.4. The van der Waals surface area contributed by atoms with Crippen LogP contribution in [0.15, 0.2) is 59.4 Å². The summed E-state index contributed by atoms with van der Waals surface area (Å²) in [6.45, 7) is 0.328. The fraction of sp³-hybridized carbons (Fsp3) is 0.238. The first-order chi connectivity index (χ1) is 15.9. The summed E-state index contributed by atoms with van der Waals surface area (Å²) in [6, 6.07) is 10.1. The Labute approximate surface area is 188 Å². The second kappa shape index (κ2) is 11.3. The summed E-state index contributed by atoms with van der Waals surface area (Å²) in [5.74, 6) is -2.56. The third-order valence-electron chi connectivity index (χ3n) is 4.18. The minimum Gasteiger partial charge on any atom is -0.475 e. The maximum absolute atomic E-state index is 12.7. The molecule has 182 valence electrons. The molecule has 0 aliphatic carbocycles. The molecule has 0 radical (unpaired) electrons. The quantitative estimate of drug-likeness (QED) is 0.489. The number of aryl methyl sites for hydroxylation is 1. The van der Waals surface area contributed by atoms with E-state index in [9.17, 15) is 31.1 Å². The zero-order chi connectivity index (χ0) is 25.4. The highest BCUT2D eigenvalue weighted by Crippen LogP contribution is 2.32. The van der Waals surface area contributed by atoms with Gasteiger partial charge in [-0.3, -0.25) is 9.78 Å².